The molecule has 0 spiro atoms. The molecule has 1 aromatic carbocycles. The van der Waals surface area contributed by atoms with E-state index in [9.17, 15) is 23.1 Å². The van der Waals surface area contributed by atoms with E-state index in [0.717, 1.165) is 19.1 Å². The van der Waals surface area contributed by atoms with Crippen LogP contribution in [0.25, 0.3) is 0 Å². The molecule has 0 aromatic heterocycles. The van der Waals surface area contributed by atoms with Crippen LogP contribution in [0.5, 0.6) is 0 Å². The average molecular weight is 232 g/mol. The highest BCUT2D eigenvalue weighted by atomic mass is 19.4. The molecule has 1 N–H and O–H groups in total. The molecule has 0 aliphatic heterocycles. The molecule has 1 rings (SSSR count). The quantitative estimate of drug-likeness (QED) is 0.868. The molecule has 2 nitrogen and oxygen atoms in total. The van der Waals surface area contributed by atoms with Gasteiger partial charge in [-0.1, -0.05) is 30.3 Å². The van der Waals surface area contributed by atoms with Crippen LogP contribution >= 0.6 is 0 Å². The molecule has 1 aromatic rings. The number of hydrogen-bond donors (Lipinski definition) is 1. The van der Waals surface area contributed by atoms with E-state index >= 15 is 0 Å². The van der Waals surface area contributed by atoms with Gasteiger partial charge >= 0.3 is 6.18 Å². The van der Waals surface area contributed by atoms with E-state index < -0.39 is 24.0 Å². The summed E-state index contributed by atoms with van der Waals surface area (Å²) in [6, 6.07) is 6.60. The first-order valence-corrected chi connectivity index (χ1v) is 4.61. The number of rotatable bonds is 3. The summed E-state index contributed by atoms with van der Waals surface area (Å²) in [5.41, 5.74) is -3.42. The number of hydrogen-bond acceptors (Lipinski definition) is 2. The zero-order valence-electron chi connectivity index (χ0n) is 8.58. The number of benzene rings is 1. The summed E-state index contributed by atoms with van der Waals surface area (Å²) >= 11 is 0. The van der Waals surface area contributed by atoms with Gasteiger partial charge in [0.15, 0.2) is 5.60 Å². The number of Topliss-reactive ketones (excluding diaryl/α,β-unsaturated/α-hetero) is 1. The standard InChI is InChI=1S/C11H11F3O2/c1-8(15)7-10(16,11(12,13)14)9-5-3-2-4-6-9/h2-6,16H,7H2,1H3/t10-/m1/s1. The van der Waals surface area contributed by atoms with Gasteiger partial charge in [0.1, 0.15) is 5.78 Å². The van der Waals surface area contributed by atoms with Crippen LogP contribution in [0.2, 0.25) is 0 Å². The molecular weight excluding hydrogens is 221 g/mol. The second kappa shape index (κ2) is 4.25. The molecule has 0 amide bonds. The highest BCUT2D eigenvalue weighted by molar-refractivity contribution is 5.77. The fraction of sp³-hybridized carbons (Fsp3) is 0.364. The molecule has 0 unspecified atom stereocenters. The lowest BCUT2D eigenvalue weighted by Gasteiger charge is -2.30. The number of ketones is 1. The van der Waals surface area contributed by atoms with Crippen LogP contribution < -0.4 is 0 Å². The van der Waals surface area contributed by atoms with E-state index in [4.69, 9.17) is 0 Å². The van der Waals surface area contributed by atoms with E-state index in [-0.39, 0.29) is 5.56 Å². The molecule has 0 saturated carbocycles. The summed E-state index contributed by atoms with van der Waals surface area (Å²) in [7, 11) is 0. The van der Waals surface area contributed by atoms with Crippen LogP contribution in [-0.2, 0) is 10.4 Å². The first-order chi connectivity index (χ1) is 7.27. The molecule has 0 radical (unpaired) electrons. The Hall–Kier alpha value is -1.36. The molecular formula is C11H11F3O2. The molecule has 0 saturated heterocycles. The highest BCUT2D eigenvalue weighted by Crippen LogP contribution is 2.41. The number of alkyl halides is 3. The molecule has 16 heavy (non-hydrogen) atoms. The summed E-state index contributed by atoms with van der Waals surface area (Å²) in [5, 5.41) is 9.64. The molecule has 0 heterocycles. The Labute approximate surface area is 90.7 Å². The monoisotopic (exact) mass is 232 g/mol. The Morgan fingerprint density at radius 3 is 2.12 bits per heavy atom. The predicted octanol–water partition coefficient (Wildman–Crippen LogP) is 2.42. The molecule has 5 heteroatoms. The third-order valence-corrected chi connectivity index (χ3v) is 2.23. The minimum Gasteiger partial charge on any atom is -0.376 e. The van der Waals surface area contributed by atoms with Crippen molar-refractivity contribution >= 4 is 5.78 Å². The molecule has 0 bridgehead atoms. The first-order valence-electron chi connectivity index (χ1n) is 4.61. The van der Waals surface area contributed by atoms with Crippen molar-refractivity contribution in [3.8, 4) is 0 Å². The van der Waals surface area contributed by atoms with E-state index in [0.29, 0.717) is 0 Å². The lowest BCUT2D eigenvalue weighted by Crippen LogP contribution is -2.43. The topological polar surface area (TPSA) is 37.3 Å². The zero-order chi connectivity index (χ0) is 12.4. The number of halogens is 3. The fourth-order valence-corrected chi connectivity index (χ4v) is 1.44. The van der Waals surface area contributed by atoms with Gasteiger partial charge in [-0.25, -0.2) is 0 Å². The zero-order valence-corrected chi connectivity index (χ0v) is 8.58. The van der Waals surface area contributed by atoms with E-state index in [2.05, 4.69) is 0 Å². The van der Waals surface area contributed by atoms with Crippen molar-refractivity contribution in [2.75, 3.05) is 0 Å². The van der Waals surface area contributed by atoms with Crippen LogP contribution in [-0.4, -0.2) is 17.1 Å². The van der Waals surface area contributed by atoms with Gasteiger partial charge in [-0.2, -0.15) is 13.2 Å². The van der Waals surface area contributed by atoms with E-state index in [1.54, 1.807) is 0 Å². The lowest BCUT2D eigenvalue weighted by atomic mass is 9.88. The molecule has 0 fully saturated rings. The second-order valence-electron chi connectivity index (χ2n) is 3.60. The number of carbonyl (C=O) groups excluding carboxylic acids is 1. The smallest absolute Gasteiger partial charge is 0.376 e. The van der Waals surface area contributed by atoms with E-state index in [1.165, 1.54) is 18.2 Å². The largest absolute Gasteiger partial charge is 0.421 e. The predicted molar refractivity (Wildman–Crippen MR) is 51.7 cm³/mol. The number of carbonyl (C=O) groups is 1. The normalized spacial score (nSPS) is 15.6. The molecule has 88 valence electrons. The van der Waals surface area contributed by atoms with Gasteiger partial charge in [0.25, 0.3) is 0 Å². The Morgan fingerprint density at radius 1 is 1.25 bits per heavy atom. The summed E-state index contributed by atoms with van der Waals surface area (Å²) in [6.07, 6.45) is -5.85. The lowest BCUT2D eigenvalue weighted by molar-refractivity contribution is -0.267. The summed E-state index contributed by atoms with van der Waals surface area (Å²) in [4.78, 5) is 10.8. The van der Waals surface area contributed by atoms with Gasteiger partial charge < -0.3 is 5.11 Å². The maximum atomic E-state index is 12.7. The Bertz CT molecular complexity index is 373. The maximum Gasteiger partial charge on any atom is 0.421 e. The summed E-state index contributed by atoms with van der Waals surface area (Å²) in [6.45, 7) is 1.01. The van der Waals surface area contributed by atoms with Gasteiger partial charge in [0.2, 0.25) is 0 Å². The SMILES string of the molecule is CC(=O)C[C@@](O)(c1ccccc1)C(F)(F)F. The van der Waals surface area contributed by atoms with Gasteiger partial charge in [0, 0.05) is 6.42 Å². The van der Waals surface area contributed by atoms with Crippen LogP contribution in [0, 0.1) is 0 Å². The Balaban J connectivity index is 3.21. The first kappa shape index (κ1) is 12.7. The van der Waals surface area contributed by atoms with Gasteiger partial charge in [0.05, 0.1) is 0 Å². The van der Waals surface area contributed by atoms with Crippen molar-refractivity contribution in [2.24, 2.45) is 0 Å². The molecule has 1 atom stereocenters. The third-order valence-electron chi connectivity index (χ3n) is 2.23. The van der Waals surface area contributed by atoms with Crippen molar-refractivity contribution in [2.45, 2.75) is 25.1 Å². The van der Waals surface area contributed by atoms with Gasteiger partial charge in [-0.05, 0) is 12.5 Å². The van der Waals surface area contributed by atoms with Crippen molar-refractivity contribution in [1.82, 2.24) is 0 Å². The van der Waals surface area contributed by atoms with Crippen molar-refractivity contribution in [3.63, 3.8) is 0 Å². The Morgan fingerprint density at radius 2 is 1.75 bits per heavy atom. The van der Waals surface area contributed by atoms with Crippen molar-refractivity contribution in [3.05, 3.63) is 35.9 Å². The van der Waals surface area contributed by atoms with Crippen LogP contribution in [0.3, 0.4) is 0 Å². The maximum absolute atomic E-state index is 12.7. The van der Waals surface area contributed by atoms with Crippen molar-refractivity contribution in [1.29, 1.82) is 0 Å². The molecule has 0 aliphatic carbocycles. The van der Waals surface area contributed by atoms with Gasteiger partial charge in [-0.3, -0.25) is 4.79 Å². The fourth-order valence-electron chi connectivity index (χ4n) is 1.44. The van der Waals surface area contributed by atoms with Crippen LogP contribution in [0.1, 0.15) is 18.9 Å². The van der Waals surface area contributed by atoms with Gasteiger partial charge in [-0.15, -0.1) is 0 Å². The van der Waals surface area contributed by atoms with E-state index in [1.807, 2.05) is 0 Å². The van der Waals surface area contributed by atoms with Crippen LogP contribution in [0.15, 0.2) is 30.3 Å². The minimum atomic E-state index is -4.87. The summed E-state index contributed by atoms with van der Waals surface area (Å²) < 4.78 is 38.2. The highest BCUT2D eigenvalue weighted by Gasteiger charge is 2.55. The van der Waals surface area contributed by atoms with Crippen LogP contribution in [0.4, 0.5) is 13.2 Å². The molecule has 0 aliphatic rings. The minimum absolute atomic E-state index is 0.322. The van der Waals surface area contributed by atoms with Crippen molar-refractivity contribution < 1.29 is 23.1 Å². The Kier molecular flexibility index (Phi) is 3.38. The second-order valence-corrected chi connectivity index (χ2v) is 3.60. The third kappa shape index (κ3) is 2.41. The summed E-state index contributed by atoms with van der Waals surface area (Å²) in [5.74, 6) is -0.719. The average Bonchev–Trinajstić information content (AvgIpc) is 2.16. The number of aliphatic hydroxyl groups is 1.